The van der Waals surface area contributed by atoms with Crippen LogP contribution in [0.25, 0.3) is 22.5 Å². The number of nitrogens with two attached hydrogens (primary N) is 1. The molecule has 7 heteroatoms. The van der Waals surface area contributed by atoms with Gasteiger partial charge in [0.25, 0.3) is 0 Å². The van der Waals surface area contributed by atoms with Crippen LogP contribution in [-0.2, 0) is 0 Å². The molecule has 0 fully saturated rings. The summed E-state index contributed by atoms with van der Waals surface area (Å²) in [5.74, 6) is 1.62. The van der Waals surface area contributed by atoms with Gasteiger partial charge in [0.2, 0.25) is 0 Å². The number of hydrogen-bond acceptors (Lipinski definition) is 7. The number of nitrogens with zero attached hydrogens (tertiary/aromatic N) is 2. The molecule has 136 valence electrons. The Bertz CT molecular complexity index is 895. The summed E-state index contributed by atoms with van der Waals surface area (Å²) in [5.41, 5.74) is 9.98. The van der Waals surface area contributed by atoms with Gasteiger partial charge in [0, 0.05) is 36.7 Å². The largest absolute Gasteiger partial charge is 0.441 e. The van der Waals surface area contributed by atoms with Gasteiger partial charge in [-0.3, -0.25) is 4.72 Å². The van der Waals surface area contributed by atoms with Gasteiger partial charge in [0.15, 0.2) is 11.7 Å². The van der Waals surface area contributed by atoms with Crippen LogP contribution in [-0.4, -0.2) is 28.2 Å². The van der Waals surface area contributed by atoms with Crippen molar-refractivity contribution in [1.82, 2.24) is 14.7 Å². The summed E-state index contributed by atoms with van der Waals surface area (Å²) in [6.07, 6.45) is 4.17. The van der Waals surface area contributed by atoms with Crippen LogP contribution in [0.3, 0.4) is 0 Å². The summed E-state index contributed by atoms with van der Waals surface area (Å²) in [4.78, 5) is 9.57. The van der Waals surface area contributed by atoms with Crippen LogP contribution in [0.15, 0.2) is 46.0 Å². The summed E-state index contributed by atoms with van der Waals surface area (Å²) < 4.78 is 8.85. The van der Waals surface area contributed by atoms with E-state index in [1.165, 1.54) is 0 Å². The van der Waals surface area contributed by atoms with E-state index in [0.717, 1.165) is 40.1 Å². The molecule has 0 radical (unpaired) electrons. The molecule has 0 bridgehead atoms. The average Bonchev–Trinajstić information content (AvgIpc) is 3.07. The second-order valence-electron chi connectivity index (χ2n) is 5.95. The lowest BCUT2D eigenvalue weighted by Crippen LogP contribution is -2.06. The molecule has 6 nitrogen and oxygen atoms in total. The molecule has 2 heterocycles. The fourth-order valence-electron chi connectivity index (χ4n) is 2.57. The molecular weight excluding hydrogens is 348 g/mol. The van der Waals surface area contributed by atoms with E-state index >= 15 is 0 Å². The Labute approximate surface area is 157 Å². The van der Waals surface area contributed by atoms with Gasteiger partial charge in [0.05, 0.1) is 11.8 Å². The van der Waals surface area contributed by atoms with E-state index in [-0.39, 0.29) is 6.61 Å². The molecular formula is C19H22N4O2S. The first-order valence-electron chi connectivity index (χ1n) is 8.38. The lowest BCUT2D eigenvalue weighted by atomic mass is 10.0. The van der Waals surface area contributed by atoms with Crippen molar-refractivity contribution >= 4 is 17.8 Å². The second kappa shape index (κ2) is 8.35. The Kier molecular flexibility index (Phi) is 5.92. The standard InChI is InChI=1S/C19H22N4O2S/c1-12-4-5-15(26-23-6-3-7-24)9-16(12)14-8-17(19(20)22-10-14)18-11-21-13(2)25-18/h4-5,8-11,23-24H,3,6-7H2,1-2H3,(H2,20,22). The van der Waals surface area contributed by atoms with Gasteiger partial charge < -0.3 is 15.3 Å². The lowest BCUT2D eigenvalue weighted by molar-refractivity contribution is 0.290. The van der Waals surface area contributed by atoms with Crippen molar-refractivity contribution in [3.05, 3.63) is 48.1 Å². The molecule has 4 N–H and O–H groups in total. The normalized spacial score (nSPS) is 11.0. The van der Waals surface area contributed by atoms with E-state index in [4.69, 9.17) is 15.3 Å². The maximum atomic E-state index is 8.86. The van der Waals surface area contributed by atoms with Gasteiger partial charge in [-0.05, 0) is 54.6 Å². The molecule has 0 saturated carbocycles. The molecule has 3 aromatic rings. The Hall–Kier alpha value is -2.35. The molecule has 0 aliphatic carbocycles. The molecule has 0 atom stereocenters. The first-order chi connectivity index (χ1) is 12.6. The van der Waals surface area contributed by atoms with Crippen LogP contribution in [0, 0.1) is 13.8 Å². The number of aliphatic hydroxyl groups is 1. The summed E-state index contributed by atoms with van der Waals surface area (Å²) in [7, 11) is 0. The summed E-state index contributed by atoms with van der Waals surface area (Å²) in [6.45, 7) is 4.81. The van der Waals surface area contributed by atoms with Crippen LogP contribution in [0.2, 0.25) is 0 Å². The first-order valence-corrected chi connectivity index (χ1v) is 9.20. The topological polar surface area (TPSA) is 97.2 Å². The third kappa shape index (κ3) is 4.24. The highest BCUT2D eigenvalue weighted by Crippen LogP contribution is 2.33. The van der Waals surface area contributed by atoms with E-state index in [1.54, 1.807) is 31.3 Å². The van der Waals surface area contributed by atoms with Gasteiger partial charge in [-0.25, -0.2) is 9.97 Å². The zero-order valence-corrected chi connectivity index (χ0v) is 15.6. The van der Waals surface area contributed by atoms with E-state index in [0.29, 0.717) is 17.5 Å². The number of oxazole rings is 1. The molecule has 1 aromatic carbocycles. The molecule has 0 spiro atoms. The van der Waals surface area contributed by atoms with Crippen molar-refractivity contribution in [1.29, 1.82) is 0 Å². The van der Waals surface area contributed by atoms with Gasteiger partial charge in [-0.15, -0.1) is 0 Å². The summed E-state index contributed by atoms with van der Waals surface area (Å²) >= 11 is 1.55. The van der Waals surface area contributed by atoms with Crippen LogP contribution < -0.4 is 10.5 Å². The minimum Gasteiger partial charge on any atom is -0.441 e. The van der Waals surface area contributed by atoms with Gasteiger partial charge in [-0.2, -0.15) is 0 Å². The molecule has 0 amide bonds. The second-order valence-corrected chi connectivity index (χ2v) is 6.91. The highest BCUT2D eigenvalue weighted by molar-refractivity contribution is 7.97. The Morgan fingerprint density at radius 3 is 2.73 bits per heavy atom. The van der Waals surface area contributed by atoms with Crippen LogP contribution >= 0.6 is 11.9 Å². The number of hydrogen-bond donors (Lipinski definition) is 3. The number of anilines is 1. The van der Waals surface area contributed by atoms with Gasteiger partial charge >= 0.3 is 0 Å². The Morgan fingerprint density at radius 2 is 2.00 bits per heavy atom. The Morgan fingerprint density at radius 1 is 1.15 bits per heavy atom. The van der Waals surface area contributed by atoms with E-state index in [9.17, 15) is 0 Å². The zero-order valence-electron chi connectivity index (χ0n) is 14.8. The number of nitrogen functional groups attached to an aromatic ring is 1. The number of nitrogens with one attached hydrogen (secondary N) is 1. The van der Waals surface area contributed by atoms with Gasteiger partial charge in [-0.1, -0.05) is 6.07 Å². The van der Waals surface area contributed by atoms with Crippen LogP contribution in [0.4, 0.5) is 5.82 Å². The predicted octanol–water partition coefficient (Wildman–Crippen LogP) is 3.58. The fraction of sp³-hybridized carbons (Fsp3) is 0.263. The van der Waals surface area contributed by atoms with Crippen molar-refractivity contribution in [2.75, 3.05) is 18.9 Å². The van der Waals surface area contributed by atoms with E-state index < -0.39 is 0 Å². The predicted molar refractivity (Wildman–Crippen MR) is 105 cm³/mol. The maximum Gasteiger partial charge on any atom is 0.191 e. The quantitative estimate of drug-likeness (QED) is 0.432. The van der Waals surface area contributed by atoms with Crippen molar-refractivity contribution in [3.63, 3.8) is 0 Å². The summed E-state index contributed by atoms with van der Waals surface area (Å²) in [6, 6.07) is 8.26. The minimum absolute atomic E-state index is 0.188. The summed E-state index contributed by atoms with van der Waals surface area (Å²) in [5, 5.41) is 8.86. The third-order valence-corrected chi connectivity index (χ3v) is 4.79. The molecule has 0 aliphatic rings. The van der Waals surface area contributed by atoms with Crippen molar-refractivity contribution in [2.24, 2.45) is 0 Å². The molecule has 26 heavy (non-hydrogen) atoms. The first kappa shape index (κ1) is 18.4. The SMILES string of the molecule is Cc1ncc(-c2cc(-c3cc(SNCCCO)ccc3C)cnc2N)o1. The third-order valence-electron chi connectivity index (χ3n) is 3.95. The number of pyridine rings is 1. The fourth-order valence-corrected chi connectivity index (χ4v) is 3.29. The number of benzene rings is 1. The molecule has 3 rings (SSSR count). The number of aliphatic hydroxyl groups excluding tert-OH is 1. The molecule has 0 aliphatic heterocycles. The van der Waals surface area contributed by atoms with Gasteiger partial charge in [0.1, 0.15) is 5.82 Å². The molecule has 2 aromatic heterocycles. The average molecular weight is 370 g/mol. The van der Waals surface area contributed by atoms with Crippen LogP contribution in [0.1, 0.15) is 17.9 Å². The monoisotopic (exact) mass is 370 g/mol. The van der Waals surface area contributed by atoms with Crippen molar-refractivity contribution in [2.45, 2.75) is 25.2 Å². The number of rotatable bonds is 7. The lowest BCUT2D eigenvalue weighted by Gasteiger charge is -2.11. The molecule has 0 saturated heterocycles. The zero-order chi connectivity index (χ0) is 18.5. The Balaban J connectivity index is 1.91. The highest BCUT2D eigenvalue weighted by atomic mass is 32.2. The van der Waals surface area contributed by atoms with E-state index in [2.05, 4.69) is 39.8 Å². The minimum atomic E-state index is 0.188. The smallest absolute Gasteiger partial charge is 0.191 e. The van der Waals surface area contributed by atoms with Crippen molar-refractivity contribution in [3.8, 4) is 22.5 Å². The maximum absolute atomic E-state index is 8.86. The van der Waals surface area contributed by atoms with E-state index in [1.807, 2.05) is 6.07 Å². The number of aryl methyl sites for hydroxylation is 2. The molecule has 0 unspecified atom stereocenters. The highest BCUT2D eigenvalue weighted by Gasteiger charge is 2.12. The van der Waals surface area contributed by atoms with Crippen LogP contribution in [0.5, 0.6) is 0 Å². The van der Waals surface area contributed by atoms with Crippen molar-refractivity contribution < 1.29 is 9.52 Å². The number of aromatic nitrogens is 2.